The maximum Gasteiger partial charge on any atom is 0.325 e. The smallest absolute Gasteiger partial charge is 0.325 e. The first kappa shape index (κ1) is 20.4. The summed E-state index contributed by atoms with van der Waals surface area (Å²) in [5.41, 5.74) is 0.245. The molecule has 2 N–H and O–H groups in total. The standard InChI is InChI=1S/C22H31N3O3/c1-15-10-21(3,4)14-22(11-15)19(27)25(20(28)24-22)13-18(26)23-12-16(2)17-8-6-5-7-9-17/h5-9,15-16H,10-14H2,1-4H3,(H,23,26)(H,24,28). The normalized spacial score (nSPS) is 27.6. The van der Waals surface area contributed by atoms with Crippen molar-refractivity contribution < 1.29 is 14.4 Å². The Hall–Kier alpha value is -2.37. The molecule has 3 unspecified atom stereocenters. The summed E-state index contributed by atoms with van der Waals surface area (Å²) in [6, 6.07) is 9.46. The number of carbonyl (C=O) groups excluding carboxylic acids is 3. The van der Waals surface area contributed by atoms with Crippen LogP contribution in [0.15, 0.2) is 30.3 Å². The highest BCUT2D eigenvalue weighted by Crippen LogP contribution is 2.46. The minimum absolute atomic E-state index is 0.0238. The fourth-order valence-corrected chi connectivity index (χ4v) is 5.02. The molecule has 28 heavy (non-hydrogen) atoms. The lowest BCUT2D eigenvalue weighted by molar-refractivity contribution is -0.137. The summed E-state index contributed by atoms with van der Waals surface area (Å²) in [5, 5.41) is 5.76. The Kier molecular flexibility index (Phi) is 5.50. The molecule has 1 saturated carbocycles. The Morgan fingerprint density at radius 3 is 2.57 bits per heavy atom. The van der Waals surface area contributed by atoms with Crippen molar-refractivity contribution in [2.45, 2.75) is 58.4 Å². The second kappa shape index (κ2) is 7.57. The molecule has 0 radical (unpaired) electrons. The van der Waals surface area contributed by atoms with Crippen LogP contribution in [0.3, 0.4) is 0 Å². The van der Waals surface area contributed by atoms with Crippen LogP contribution in [-0.4, -0.2) is 41.4 Å². The molecule has 1 aliphatic carbocycles. The highest BCUT2D eigenvalue weighted by molar-refractivity contribution is 6.09. The zero-order chi connectivity index (χ0) is 20.5. The number of carbonyl (C=O) groups is 3. The van der Waals surface area contributed by atoms with Gasteiger partial charge in [0.15, 0.2) is 0 Å². The molecule has 1 aromatic rings. The minimum Gasteiger partial charge on any atom is -0.354 e. The average molecular weight is 386 g/mol. The molecule has 0 bridgehead atoms. The summed E-state index contributed by atoms with van der Waals surface area (Å²) in [4.78, 5) is 39.1. The molecule has 3 rings (SSSR count). The van der Waals surface area contributed by atoms with Crippen molar-refractivity contribution in [1.82, 2.24) is 15.5 Å². The number of hydrogen-bond donors (Lipinski definition) is 2. The van der Waals surface area contributed by atoms with Gasteiger partial charge in [-0.25, -0.2) is 4.79 Å². The molecular formula is C22H31N3O3. The van der Waals surface area contributed by atoms with E-state index in [1.54, 1.807) is 0 Å². The van der Waals surface area contributed by atoms with Gasteiger partial charge in [0.1, 0.15) is 12.1 Å². The summed E-state index contributed by atoms with van der Waals surface area (Å²) in [6.07, 6.45) is 2.26. The second-order valence-electron chi connectivity index (χ2n) is 9.37. The van der Waals surface area contributed by atoms with Gasteiger partial charge in [0.25, 0.3) is 5.91 Å². The molecule has 4 amide bonds. The average Bonchev–Trinajstić information content (AvgIpc) is 2.82. The SMILES string of the molecule is CC1CC(C)(C)CC2(C1)NC(=O)N(CC(=O)NCC(C)c1ccccc1)C2=O. The first-order valence-electron chi connectivity index (χ1n) is 10.1. The molecule has 1 spiro atoms. The molecule has 1 aliphatic heterocycles. The molecule has 152 valence electrons. The Labute approximate surface area is 167 Å². The first-order chi connectivity index (χ1) is 13.1. The van der Waals surface area contributed by atoms with E-state index in [1.807, 2.05) is 37.3 Å². The largest absolute Gasteiger partial charge is 0.354 e. The molecule has 2 fully saturated rings. The van der Waals surface area contributed by atoms with E-state index in [9.17, 15) is 14.4 Å². The van der Waals surface area contributed by atoms with Crippen LogP contribution in [0.5, 0.6) is 0 Å². The highest BCUT2D eigenvalue weighted by Gasteiger charge is 2.56. The Balaban J connectivity index is 1.60. The predicted molar refractivity (Wildman–Crippen MR) is 108 cm³/mol. The van der Waals surface area contributed by atoms with Crippen LogP contribution in [0.4, 0.5) is 4.79 Å². The van der Waals surface area contributed by atoms with E-state index in [2.05, 4.69) is 31.4 Å². The summed E-state index contributed by atoms with van der Waals surface area (Å²) < 4.78 is 0. The van der Waals surface area contributed by atoms with Gasteiger partial charge in [-0.3, -0.25) is 14.5 Å². The Bertz CT molecular complexity index is 762. The van der Waals surface area contributed by atoms with Crippen molar-refractivity contribution in [2.24, 2.45) is 11.3 Å². The molecule has 3 atom stereocenters. The number of benzene rings is 1. The Morgan fingerprint density at radius 1 is 1.25 bits per heavy atom. The van der Waals surface area contributed by atoms with Gasteiger partial charge in [-0.1, -0.05) is 58.0 Å². The summed E-state index contributed by atoms with van der Waals surface area (Å²) in [6.45, 7) is 8.63. The summed E-state index contributed by atoms with van der Waals surface area (Å²) in [7, 11) is 0. The van der Waals surface area contributed by atoms with Crippen LogP contribution < -0.4 is 10.6 Å². The molecule has 2 aliphatic rings. The van der Waals surface area contributed by atoms with E-state index >= 15 is 0 Å². The lowest BCUT2D eigenvalue weighted by Crippen LogP contribution is -2.54. The van der Waals surface area contributed by atoms with Gasteiger partial charge in [0.2, 0.25) is 5.91 Å². The third-order valence-corrected chi connectivity index (χ3v) is 5.90. The maximum atomic E-state index is 13.1. The van der Waals surface area contributed by atoms with E-state index < -0.39 is 11.6 Å². The fraction of sp³-hybridized carbons (Fsp3) is 0.591. The zero-order valence-electron chi connectivity index (χ0n) is 17.2. The van der Waals surface area contributed by atoms with Gasteiger partial charge in [-0.05, 0) is 42.1 Å². The molecule has 1 heterocycles. The van der Waals surface area contributed by atoms with E-state index in [0.717, 1.165) is 16.9 Å². The summed E-state index contributed by atoms with van der Waals surface area (Å²) >= 11 is 0. The van der Waals surface area contributed by atoms with Gasteiger partial charge in [-0.15, -0.1) is 0 Å². The van der Waals surface area contributed by atoms with E-state index in [-0.39, 0.29) is 29.7 Å². The van der Waals surface area contributed by atoms with E-state index in [1.165, 1.54) is 0 Å². The van der Waals surface area contributed by atoms with Gasteiger partial charge in [0, 0.05) is 6.54 Å². The van der Waals surface area contributed by atoms with Crippen LogP contribution in [0.25, 0.3) is 0 Å². The lowest BCUT2D eigenvalue weighted by Gasteiger charge is -2.43. The molecule has 1 saturated heterocycles. The van der Waals surface area contributed by atoms with Gasteiger partial charge in [-0.2, -0.15) is 0 Å². The van der Waals surface area contributed by atoms with Crippen molar-refractivity contribution in [3.8, 4) is 0 Å². The van der Waals surface area contributed by atoms with Crippen molar-refractivity contribution >= 4 is 17.8 Å². The maximum absolute atomic E-state index is 13.1. The van der Waals surface area contributed by atoms with Crippen LogP contribution in [0, 0.1) is 11.3 Å². The molecule has 6 nitrogen and oxygen atoms in total. The quantitative estimate of drug-likeness (QED) is 0.765. The van der Waals surface area contributed by atoms with Gasteiger partial charge in [0.05, 0.1) is 0 Å². The number of hydrogen-bond acceptors (Lipinski definition) is 3. The number of nitrogens with one attached hydrogen (secondary N) is 2. The van der Waals surface area contributed by atoms with E-state index in [0.29, 0.717) is 25.3 Å². The van der Waals surface area contributed by atoms with Crippen LogP contribution in [0.1, 0.15) is 58.4 Å². The van der Waals surface area contributed by atoms with E-state index in [4.69, 9.17) is 0 Å². The predicted octanol–water partition coefficient (Wildman–Crippen LogP) is 3.04. The second-order valence-corrected chi connectivity index (χ2v) is 9.37. The number of rotatable bonds is 5. The van der Waals surface area contributed by atoms with Crippen LogP contribution in [0.2, 0.25) is 0 Å². The number of amides is 4. The molecule has 6 heteroatoms. The molecule has 1 aromatic carbocycles. The monoisotopic (exact) mass is 385 g/mol. The number of urea groups is 1. The van der Waals surface area contributed by atoms with Crippen LogP contribution in [-0.2, 0) is 9.59 Å². The van der Waals surface area contributed by atoms with Crippen molar-refractivity contribution in [3.63, 3.8) is 0 Å². The topological polar surface area (TPSA) is 78.5 Å². The molecule has 0 aromatic heterocycles. The van der Waals surface area contributed by atoms with Crippen molar-refractivity contribution in [3.05, 3.63) is 35.9 Å². The number of nitrogens with zero attached hydrogens (tertiary/aromatic N) is 1. The van der Waals surface area contributed by atoms with Gasteiger partial charge < -0.3 is 10.6 Å². The third kappa shape index (κ3) is 4.21. The lowest BCUT2D eigenvalue weighted by atomic mass is 9.64. The summed E-state index contributed by atoms with van der Waals surface area (Å²) in [5.74, 6) is -0.0806. The zero-order valence-corrected chi connectivity index (χ0v) is 17.2. The molecular weight excluding hydrogens is 354 g/mol. The first-order valence-corrected chi connectivity index (χ1v) is 10.1. The van der Waals surface area contributed by atoms with Crippen LogP contribution >= 0.6 is 0 Å². The van der Waals surface area contributed by atoms with Gasteiger partial charge >= 0.3 is 6.03 Å². The number of imide groups is 1. The fourth-order valence-electron chi connectivity index (χ4n) is 5.02. The Morgan fingerprint density at radius 2 is 1.93 bits per heavy atom. The van der Waals surface area contributed by atoms with Crippen molar-refractivity contribution in [1.29, 1.82) is 0 Å². The third-order valence-electron chi connectivity index (χ3n) is 5.90. The highest BCUT2D eigenvalue weighted by atomic mass is 16.2. The van der Waals surface area contributed by atoms with Crippen molar-refractivity contribution in [2.75, 3.05) is 13.1 Å². The minimum atomic E-state index is -0.865.